The van der Waals surface area contributed by atoms with Crippen molar-refractivity contribution in [3.05, 3.63) is 71.8 Å². The van der Waals surface area contributed by atoms with Crippen LogP contribution in [0, 0.1) is 5.92 Å². The lowest BCUT2D eigenvalue weighted by Gasteiger charge is -2.36. The summed E-state index contributed by atoms with van der Waals surface area (Å²) in [5.74, 6) is -8.46. The summed E-state index contributed by atoms with van der Waals surface area (Å²) in [6.07, 6.45) is 0. The average Bonchev–Trinajstić information content (AvgIpc) is 2.90. The van der Waals surface area contributed by atoms with E-state index in [1.54, 1.807) is 36.4 Å². The van der Waals surface area contributed by atoms with Gasteiger partial charge in [0.2, 0.25) is 21.8 Å². The van der Waals surface area contributed by atoms with Gasteiger partial charge in [0.1, 0.15) is 24.6 Å². The van der Waals surface area contributed by atoms with Crippen molar-refractivity contribution in [2.24, 2.45) is 11.1 Å². The van der Waals surface area contributed by atoms with Crippen molar-refractivity contribution in [1.82, 2.24) is 20.2 Å². The third-order valence-corrected chi connectivity index (χ3v) is 7.25. The number of carbonyl (C=O) groups excluding carboxylic acids is 4. The van der Waals surface area contributed by atoms with Gasteiger partial charge >= 0.3 is 10.3 Å². The van der Waals surface area contributed by atoms with E-state index < -0.39 is 74.3 Å². The van der Waals surface area contributed by atoms with E-state index in [-0.39, 0.29) is 21.7 Å². The highest BCUT2D eigenvalue weighted by atomic mass is 32.2. The van der Waals surface area contributed by atoms with Crippen LogP contribution in [0.1, 0.15) is 17.2 Å². The Morgan fingerprint density at radius 2 is 1.60 bits per heavy atom. The summed E-state index contributed by atoms with van der Waals surface area (Å²) in [5, 5.41) is 19.2. The van der Waals surface area contributed by atoms with Crippen LogP contribution in [0.4, 0.5) is 0 Å². The number of nitrogens with one attached hydrogen (secondary N) is 2. The molecule has 0 radical (unpaired) electrons. The molecule has 2 aromatic rings. The molecule has 40 heavy (non-hydrogen) atoms. The van der Waals surface area contributed by atoms with Crippen LogP contribution in [0.3, 0.4) is 0 Å². The molecule has 0 bridgehead atoms. The molecule has 6 N–H and O–H groups in total. The van der Waals surface area contributed by atoms with Crippen molar-refractivity contribution in [2.75, 3.05) is 12.3 Å². The molecular formula is C22H25N5O11S2. The molecule has 1 saturated heterocycles. The van der Waals surface area contributed by atoms with Crippen molar-refractivity contribution >= 4 is 44.0 Å². The van der Waals surface area contributed by atoms with Crippen molar-refractivity contribution in [2.45, 2.75) is 18.7 Å². The number of nitrogens with two attached hydrogens (primary N) is 1. The normalized spacial score (nSPS) is 16.8. The molecule has 18 heteroatoms. The van der Waals surface area contributed by atoms with Gasteiger partial charge in [-0.2, -0.15) is 8.42 Å². The Bertz CT molecular complexity index is 1470. The lowest BCUT2D eigenvalue weighted by atomic mass is 10.0. The second-order valence-corrected chi connectivity index (χ2v) is 11.5. The highest BCUT2D eigenvalue weighted by Gasteiger charge is 2.45. The Kier molecular flexibility index (Phi) is 9.56. The quantitative estimate of drug-likeness (QED) is 0.0601. The molecule has 0 spiro atoms. The fourth-order valence-corrected chi connectivity index (χ4v) is 5.00. The van der Waals surface area contributed by atoms with Gasteiger partial charge in [0, 0.05) is 0 Å². The van der Waals surface area contributed by atoms with Crippen LogP contribution in [0.2, 0.25) is 0 Å². The molecule has 1 fully saturated rings. The first-order valence-electron chi connectivity index (χ1n) is 11.3. The van der Waals surface area contributed by atoms with Crippen LogP contribution in [-0.2, 0) is 51.0 Å². The summed E-state index contributed by atoms with van der Waals surface area (Å²) in [6.45, 7) is -0.901. The maximum atomic E-state index is 13.1. The minimum Gasteiger partial charge on any atom is -0.341 e. The van der Waals surface area contributed by atoms with E-state index in [1.807, 2.05) is 0 Å². The van der Waals surface area contributed by atoms with Gasteiger partial charge in [0.05, 0.1) is 12.3 Å². The van der Waals surface area contributed by atoms with E-state index in [2.05, 4.69) is 10.6 Å². The molecule has 1 heterocycles. The van der Waals surface area contributed by atoms with E-state index >= 15 is 0 Å². The van der Waals surface area contributed by atoms with Crippen molar-refractivity contribution in [3.8, 4) is 0 Å². The van der Waals surface area contributed by atoms with E-state index in [1.165, 1.54) is 24.3 Å². The number of amides is 4. The third kappa shape index (κ3) is 8.04. The Morgan fingerprint density at radius 1 is 1.02 bits per heavy atom. The second-order valence-electron chi connectivity index (χ2n) is 8.51. The first-order valence-corrected chi connectivity index (χ1v) is 14.4. The fourth-order valence-electron chi connectivity index (χ4n) is 3.55. The molecular weight excluding hydrogens is 574 g/mol. The average molecular weight is 600 g/mol. The SMILES string of the molecule is NS(=O)(=O)CC(C(=O)NC(C(=O)NC1CN(S(=O)(=O)O)C1=O)c1ccccc1)C(=O)N(O)OCc1ccccc1. The van der Waals surface area contributed by atoms with E-state index in [0.29, 0.717) is 5.56 Å². The van der Waals surface area contributed by atoms with Gasteiger partial charge in [0.15, 0.2) is 0 Å². The molecule has 2 aromatic carbocycles. The molecule has 3 unspecified atom stereocenters. The lowest BCUT2D eigenvalue weighted by molar-refractivity contribution is -0.323. The van der Waals surface area contributed by atoms with Gasteiger partial charge in [-0.15, -0.1) is 0 Å². The van der Waals surface area contributed by atoms with Gasteiger partial charge in [0.25, 0.3) is 11.8 Å². The molecule has 0 aliphatic carbocycles. The first kappa shape index (κ1) is 30.6. The second kappa shape index (κ2) is 12.5. The van der Waals surface area contributed by atoms with Gasteiger partial charge in [-0.3, -0.25) is 28.9 Å². The topological polar surface area (TPSA) is 243 Å². The van der Waals surface area contributed by atoms with Crippen LogP contribution in [0.25, 0.3) is 0 Å². The van der Waals surface area contributed by atoms with Crippen LogP contribution in [-0.4, -0.2) is 78.1 Å². The molecule has 4 amide bonds. The zero-order valence-electron chi connectivity index (χ0n) is 20.5. The Morgan fingerprint density at radius 3 is 2.12 bits per heavy atom. The fraction of sp³-hybridized carbons (Fsp3) is 0.273. The maximum Gasteiger partial charge on any atom is 0.362 e. The van der Waals surface area contributed by atoms with Crippen LogP contribution < -0.4 is 15.8 Å². The minimum atomic E-state index is -4.83. The van der Waals surface area contributed by atoms with Gasteiger partial charge in [-0.25, -0.2) is 22.7 Å². The summed E-state index contributed by atoms with van der Waals surface area (Å²) in [7, 11) is -9.31. The Labute approximate surface area is 228 Å². The van der Waals surface area contributed by atoms with Gasteiger partial charge in [-0.1, -0.05) is 65.9 Å². The standard InChI is InChI=1S/C22H25N5O11S2/c23-39(33,34)13-16(21(30)27(32)38-12-14-7-3-1-4-8-14)19(28)25-18(15-9-5-2-6-10-15)20(29)24-17-11-26(22(17)31)40(35,36)37/h1-10,16-18,32H,11-13H2,(H,24,29)(H,25,28)(H2,23,33,34)(H,35,36,37). The number of hydrogen-bond donors (Lipinski definition) is 5. The number of hydroxylamine groups is 2. The van der Waals surface area contributed by atoms with Crippen LogP contribution >= 0.6 is 0 Å². The number of benzene rings is 2. The van der Waals surface area contributed by atoms with Crippen LogP contribution in [0.5, 0.6) is 0 Å². The van der Waals surface area contributed by atoms with E-state index in [0.717, 1.165) is 0 Å². The maximum absolute atomic E-state index is 13.1. The zero-order chi connectivity index (χ0) is 29.7. The molecule has 16 nitrogen and oxygen atoms in total. The van der Waals surface area contributed by atoms with E-state index in [9.17, 15) is 41.2 Å². The molecule has 0 aromatic heterocycles. The first-order chi connectivity index (χ1) is 18.7. The van der Waals surface area contributed by atoms with E-state index in [4.69, 9.17) is 14.5 Å². The summed E-state index contributed by atoms with van der Waals surface area (Å²) in [6, 6.07) is 12.6. The van der Waals surface area contributed by atoms with Crippen molar-refractivity contribution in [3.63, 3.8) is 0 Å². The summed E-state index contributed by atoms with van der Waals surface area (Å²) in [5.41, 5.74) is 0.662. The van der Waals surface area contributed by atoms with Crippen LogP contribution in [0.15, 0.2) is 60.7 Å². The summed E-state index contributed by atoms with van der Waals surface area (Å²) in [4.78, 5) is 55.9. The number of nitrogens with zero attached hydrogens (tertiary/aromatic N) is 2. The van der Waals surface area contributed by atoms with Gasteiger partial charge < -0.3 is 10.6 Å². The summed E-state index contributed by atoms with van der Waals surface area (Å²) >= 11 is 0. The Hall–Kier alpha value is -3.94. The van der Waals surface area contributed by atoms with Crippen molar-refractivity contribution in [1.29, 1.82) is 0 Å². The number of sulfonamides is 1. The molecule has 1 aliphatic heterocycles. The minimum absolute atomic E-state index is 0.111. The Balaban J connectivity index is 1.79. The third-order valence-electron chi connectivity index (χ3n) is 5.57. The number of rotatable bonds is 12. The largest absolute Gasteiger partial charge is 0.362 e. The highest BCUT2D eigenvalue weighted by molar-refractivity contribution is 7.89. The van der Waals surface area contributed by atoms with Gasteiger partial charge in [-0.05, 0) is 11.1 Å². The smallest absolute Gasteiger partial charge is 0.341 e. The number of β-lactam (4-membered cyclic amide) rings is 1. The zero-order valence-corrected chi connectivity index (χ0v) is 22.1. The predicted molar refractivity (Wildman–Crippen MR) is 134 cm³/mol. The molecule has 1 aliphatic rings. The highest BCUT2D eigenvalue weighted by Crippen LogP contribution is 2.19. The predicted octanol–water partition coefficient (Wildman–Crippen LogP) is -1.77. The molecule has 0 saturated carbocycles. The summed E-state index contributed by atoms with van der Waals surface area (Å²) < 4.78 is 55.0. The monoisotopic (exact) mass is 599 g/mol. The number of primary sulfonamides is 1. The number of carbonyl (C=O) groups is 4. The molecule has 216 valence electrons. The van der Waals surface area contributed by atoms with Crippen molar-refractivity contribution < 1.29 is 50.6 Å². The lowest BCUT2D eigenvalue weighted by Crippen LogP contribution is -2.66. The molecule has 3 rings (SSSR count). The number of hydrogen-bond acceptors (Lipinski definition) is 10. The molecule has 3 atom stereocenters.